The molecule has 0 saturated carbocycles. The van der Waals surface area contributed by atoms with Crippen molar-refractivity contribution >= 4 is 29.1 Å². The molecular formula is C24H24N4O3. The van der Waals surface area contributed by atoms with Crippen LogP contribution in [0.1, 0.15) is 26.3 Å². The van der Waals surface area contributed by atoms with Gasteiger partial charge in [-0.05, 0) is 54.1 Å². The van der Waals surface area contributed by atoms with Gasteiger partial charge in [-0.25, -0.2) is 0 Å². The monoisotopic (exact) mass is 416 g/mol. The first-order valence-corrected chi connectivity index (χ1v) is 9.83. The van der Waals surface area contributed by atoms with E-state index in [4.69, 9.17) is 0 Å². The van der Waals surface area contributed by atoms with Crippen molar-refractivity contribution in [2.45, 2.75) is 6.54 Å². The molecule has 0 aliphatic rings. The van der Waals surface area contributed by atoms with Crippen molar-refractivity contribution in [3.05, 3.63) is 95.6 Å². The highest BCUT2D eigenvalue weighted by Crippen LogP contribution is 2.11. The third-order valence-electron chi connectivity index (χ3n) is 4.55. The number of hydrogen-bond acceptors (Lipinski definition) is 4. The largest absolute Gasteiger partial charge is 0.376 e. The molecule has 0 saturated heterocycles. The van der Waals surface area contributed by atoms with Gasteiger partial charge in [0, 0.05) is 36.1 Å². The van der Waals surface area contributed by atoms with Crippen LogP contribution in [0.3, 0.4) is 0 Å². The van der Waals surface area contributed by atoms with Crippen LogP contribution in [0, 0.1) is 0 Å². The molecule has 4 N–H and O–H groups in total. The van der Waals surface area contributed by atoms with Gasteiger partial charge in [0.15, 0.2) is 0 Å². The van der Waals surface area contributed by atoms with Crippen molar-refractivity contribution in [3.63, 3.8) is 0 Å². The second-order valence-corrected chi connectivity index (χ2v) is 6.80. The first-order valence-electron chi connectivity index (χ1n) is 9.83. The lowest BCUT2D eigenvalue weighted by Gasteiger charge is -2.09. The highest BCUT2D eigenvalue weighted by Gasteiger charge is 2.07. The zero-order chi connectivity index (χ0) is 22.1. The van der Waals surface area contributed by atoms with Crippen LogP contribution < -0.4 is 21.3 Å². The number of anilines is 2. The lowest BCUT2D eigenvalue weighted by atomic mass is 10.1. The van der Waals surface area contributed by atoms with Crippen molar-refractivity contribution in [2.75, 3.05) is 24.2 Å². The van der Waals surface area contributed by atoms with E-state index < -0.39 is 0 Å². The topological polar surface area (TPSA) is 99.3 Å². The molecule has 0 heterocycles. The molecule has 158 valence electrons. The molecule has 0 unspecified atom stereocenters. The van der Waals surface area contributed by atoms with E-state index in [1.54, 1.807) is 55.6 Å². The quantitative estimate of drug-likeness (QED) is 0.454. The van der Waals surface area contributed by atoms with Crippen molar-refractivity contribution in [1.82, 2.24) is 10.6 Å². The van der Waals surface area contributed by atoms with Gasteiger partial charge in [-0.1, -0.05) is 30.3 Å². The van der Waals surface area contributed by atoms with Gasteiger partial charge in [-0.2, -0.15) is 0 Å². The van der Waals surface area contributed by atoms with E-state index in [1.807, 2.05) is 30.3 Å². The van der Waals surface area contributed by atoms with Crippen molar-refractivity contribution in [3.8, 4) is 0 Å². The van der Waals surface area contributed by atoms with Crippen molar-refractivity contribution < 1.29 is 14.4 Å². The highest BCUT2D eigenvalue weighted by molar-refractivity contribution is 5.97. The first-order chi connectivity index (χ1) is 15.0. The number of benzene rings is 3. The Morgan fingerprint density at radius 3 is 1.90 bits per heavy atom. The Kier molecular flexibility index (Phi) is 7.37. The molecule has 0 aliphatic carbocycles. The van der Waals surface area contributed by atoms with Crippen LogP contribution in [0.5, 0.6) is 0 Å². The Hall–Kier alpha value is -4.13. The van der Waals surface area contributed by atoms with E-state index >= 15 is 0 Å². The Balaban J connectivity index is 1.45. The summed E-state index contributed by atoms with van der Waals surface area (Å²) in [5, 5.41) is 11.2. The molecule has 0 aromatic heterocycles. The van der Waals surface area contributed by atoms with Crippen molar-refractivity contribution in [2.24, 2.45) is 0 Å². The summed E-state index contributed by atoms with van der Waals surface area (Å²) in [6, 6.07) is 23.2. The van der Waals surface area contributed by atoms with Gasteiger partial charge in [0.25, 0.3) is 11.8 Å². The fourth-order valence-electron chi connectivity index (χ4n) is 2.86. The smallest absolute Gasteiger partial charge is 0.251 e. The van der Waals surface area contributed by atoms with E-state index in [-0.39, 0.29) is 24.3 Å². The van der Waals surface area contributed by atoms with Crippen LogP contribution in [0.15, 0.2) is 78.9 Å². The normalized spacial score (nSPS) is 10.1. The Morgan fingerprint density at radius 1 is 0.710 bits per heavy atom. The third-order valence-corrected chi connectivity index (χ3v) is 4.55. The standard InChI is InChI=1S/C24H24N4O3/c1-25-23(30)18-9-13-21(14-10-18)28-22(29)16-26-20-11-7-19(8-12-20)24(31)27-15-17-5-3-2-4-6-17/h2-14,26H,15-16H2,1H3,(H,25,30)(H,27,31)(H,28,29). The number of amides is 3. The minimum absolute atomic E-state index is 0.0662. The SMILES string of the molecule is CNC(=O)c1ccc(NC(=O)CNc2ccc(C(=O)NCc3ccccc3)cc2)cc1. The summed E-state index contributed by atoms with van der Waals surface area (Å²) >= 11 is 0. The number of nitrogens with one attached hydrogen (secondary N) is 4. The van der Waals surface area contributed by atoms with Gasteiger partial charge in [0.05, 0.1) is 6.54 Å². The molecule has 0 fully saturated rings. The van der Waals surface area contributed by atoms with E-state index in [0.717, 1.165) is 11.3 Å². The Bertz CT molecular complexity index is 1030. The molecule has 3 aromatic carbocycles. The predicted molar refractivity (Wildman–Crippen MR) is 121 cm³/mol. The molecule has 0 aliphatic heterocycles. The lowest BCUT2D eigenvalue weighted by Crippen LogP contribution is -2.23. The summed E-state index contributed by atoms with van der Waals surface area (Å²) < 4.78 is 0. The van der Waals surface area contributed by atoms with Gasteiger partial charge in [-0.3, -0.25) is 14.4 Å². The summed E-state index contributed by atoms with van der Waals surface area (Å²) in [6.45, 7) is 0.528. The number of rotatable bonds is 8. The third kappa shape index (κ3) is 6.43. The lowest BCUT2D eigenvalue weighted by molar-refractivity contribution is -0.114. The van der Waals surface area contributed by atoms with Crippen LogP contribution in [0.25, 0.3) is 0 Å². The second kappa shape index (κ2) is 10.6. The minimum atomic E-state index is -0.225. The average molecular weight is 416 g/mol. The second-order valence-electron chi connectivity index (χ2n) is 6.80. The summed E-state index contributed by atoms with van der Waals surface area (Å²) in [7, 11) is 1.56. The fourth-order valence-corrected chi connectivity index (χ4v) is 2.86. The minimum Gasteiger partial charge on any atom is -0.376 e. The van der Waals surface area contributed by atoms with Gasteiger partial charge < -0.3 is 21.3 Å². The molecule has 0 radical (unpaired) electrons. The van der Waals surface area contributed by atoms with E-state index in [2.05, 4.69) is 21.3 Å². The summed E-state index contributed by atoms with van der Waals surface area (Å²) in [4.78, 5) is 35.9. The summed E-state index contributed by atoms with van der Waals surface area (Å²) in [5.41, 5.74) is 3.42. The Labute approximate surface area is 180 Å². The molecule has 3 rings (SSSR count). The average Bonchev–Trinajstić information content (AvgIpc) is 2.82. The number of carbonyl (C=O) groups is 3. The molecule has 3 aromatic rings. The molecule has 31 heavy (non-hydrogen) atoms. The van der Waals surface area contributed by atoms with E-state index in [0.29, 0.717) is 23.4 Å². The van der Waals surface area contributed by atoms with Crippen LogP contribution >= 0.6 is 0 Å². The molecule has 0 bridgehead atoms. The van der Waals surface area contributed by atoms with Gasteiger partial charge in [-0.15, -0.1) is 0 Å². The van der Waals surface area contributed by atoms with Crippen molar-refractivity contribution in [1.29, 1.82) is 0 Å². The molecule has 7 nitrogen and oxygen atoms in total. The van der Waals surface area contributed by atoms with Crippen LogP contribution in [-0.2, 0) is 11.3 Å². The number of hydrogen-bond donors (Lipinski definition) is 4. The van der Waals surface area contributed by atoms with E-state index in [9.17, 15) is 14.4 Å². The molecule has 0 atom stereocenters. The zero-order valence-corrected chi connectivity index (χ0v) is 17.1. The van der Waals surface area contributed by atoms with Crippen LogP contribution in [0.4, 0.5) is 11.4 Å². The Morgan fingerprint density at radius 2 is 1.29 bits per heavy atom. The zero-order valence-electron chi connectivity index (χ0n) is 17.1. The molecule has 7 heteroatoms. The molecule has 0 spiro atoms. The van der Waals surface area contributed by atoms with Crippen LogP contribution in [0.2, 0.25) is 0 Å². The summed E-state index contributed by atoms with van der Waals surface area (Å²) in [5.74, 6) is -0.567. The fraction of sp³-hybridized carbons (Fsp3) is 0.125. The summed E-state index contributed by atoms with van der Waals surface area (Å²) in [6.07, 6.45) is 0. The number of carbonyl (C=O) groups excluding carboxylic acids is 3. The van der Waals surface area contributed by atoms with Gasteiger partial charge >= 0.3 is 0 Å². The van der Waals surface area contributed by atoms with Gasteiger partial charge in [0.1, 0.15) is 0 Å². The van der Waals surface area contributed by atoms with E-state index in [1.165, 1.54) is 0 Å². The maximum Gasteiger partial charge on any atom is 0.251 e. The highest BCUT2D eigenvalue weighted by atomic mass is 16.2. The molecule has 3 amide bonds. The molecular weight excluding hydrogens is 392 g/mol. The van der Waals surface area contributed by atoms with Crippen LogP contribution in [-0.4, -0.2) is 31.3 Å². The predicted octanol–water partition coefficient (Wildman–Crippen LogP) is 3.03. The maximum absolute atomic E-state index is 12.3. The maximum atomic E-state index is 12.3. The first kappa shape index (κ1) is 21.6. The van der Waals surface area contributed by atoms with Gasteiger partial charge in [0.2, 0.25) is 5.91 Å².